The number of urea groups is 1. The lowest BCUT2D eigenvalue weighted by Crippen LogP contribution is -2.40. The number of thiophene rings is 1. The summed E-state index contributed by atoms with van der Waals surface area (Å²) in [5.74, 6) is -1.14. The Kier molecular flexibility index (Phi) is 8.63. The molecule has 1 aromatic carbocycles. The zero-order valence-electron chi connectivity index (χ0n) is 20.1. The monoisotopic (exact) mass is 564 g/mol. The minimum atomic E-state index is -4.58. The second kappa shape index (κ2) is 11.2. The van der Waals surface area contributed by atoms with Gasteiger partial charge in [-0.2, -0.15) is 13.2 Å². The van der Waals surface area contributed by atoms with Gasteiger partial charge in [-0.05, 0) is 43.0 Å². The number of halogens is 5. The maximum atomic E-state index is 15.0. The summed E-state index contributed by atoms with van der Waals surface area (Å²) < 4.78 is 95.8. The minimum Gasteiger partial charge on any atom is -0.337 e. The molecule has 0 aliphatic carbocycles. The molecule has 0 saturated carbocycles. The van der Waals surface area contributed by atoms with Crippen molar-refractivity contribution in [3.05, 3.63) is 58.5 Å². The van der Waals surface area contributed by atoms with E-state index in [0.29, 0.717) is 17.1 Å². The van der Waals surface area contributed by atoms with Gasteiger partial charge < -0.3 is 9.88 Å². The molecule has 0 atom stereocenters. The summed E-state index contributed by atoms with van der Waals surface area (Å²) in [5, 5.41) is 1.84. The third-order valence-electron chi connectivity index (χ3n) is 5.23. The van der Waals surface area contributed by atoms with Gasteiger partial charge in [-0.3, -0.25) is 0 Å². The molecule has 3 aromatic rings. The molecule has 0 bridgehead atoms. The van der Waals surface area contributed by atoms with Gasteiger partial charge in [-0.1, -0.05) is 13.8 Å². The summed E-state index contributed by atoms with van der Waals surface area (Å²) in [7, 11) is -4.58. The van der Waals surface area contributed by atoms with Gasteiger partial charge in [0.1, 0.15) is 21.7 Å². The van der Waals surface area contributed by atoms with Crippen LogP contribution in [-0.4, -0.2) is 36.7 Å². The number of carbonyl (C=O) groups is 1. The molecular weight excluding hydrogens is 539 g/mol. The molecule has 37 heavy (non-hydrogen) atoms. The van der Waals surface area contributed by atoms with E-state index in [-0.39, 0.29) is 33.4 Å². The first-order valence-corrected chi connectivity index (χ1v) is 13.4. The van der Waals surface area contributed by atoms with Crippen LogP contribution < -0.4 is 10.0 Å². The lowest BCUT2D eigenvalue weighted by Gasteiger charge is -2.12. The van der Waals surface area contributed by atoms with Crippen molar-refractivity contribution in [3.63, 3.8) is 0 Å². The maximum absolute atomic E-state index is 15.0. The van der Waals surface area contributed by atoms with E-state index < -0.39 is 46.8 Å². The highest BCUT2D eigenvalue weighted by molar-refractivity contribution is 7.92. The molecular formula is C23H25F5N4O3S2. The fourth-order valence-electron chi connectivity index (χ4n) is 3.50. The zero-order chi connectivity index (χ0) is 27.5. The average molecular weight is 565 g/mol. The fourth-order valence-corrected chi connectivity index (χ4v) is 6.38. The normalized spacial score (nSPS) is 12.2. The highest BCUT2D eigenvalue weighted by Gasteiger charge is 2.29. The molecule has 2 heterocycles. The smallest absolute Gasteiger partial charge is 0.337 e. The molecule has 3 rings (SSSR count). The standard InChI is InChI=1S/C23H25F5N4O3S2/c1-13(2)8-16-11-17(21(36-16)37(34,35)31-22(33)30-5-4-23(26,27)28)15-9-19(24)18(20(25)10-15)12-32-7-6-29-14(32)3/h6-7,9-11,13H,4-5,8,12H2,1-3H3,(H2,30,31,33). The van der Waals surface area contributed by atoms with Gasteiger partial charge in [0.15, 0.2) is 0 Å². The van der Waals surface area contributed by atoms with E-state index >= 15 is 8.78 Å². The Labute approximate surface area is 214 Å². The molecule has 14 heteroatoms. The number of hydrogen-bond acceptors (Lipinski definition) is 5. The Hall–Kier alpha value is -3.00. The molecule has 0 aliphatic rings. The minimum absolute atomic E-state index is 0.0283. The van der Waals surface area contributed by atoms with Crippen LogP contribution in [0.4, 0.5) is 26.7 Å². The SMILES string of the molecule is Cc1nccn1Cc1c(F)cc(-c2cc(CC(C)C)sc2S(=O)(=O)NC(=O)NCCC(F)(F)F)cc1F. The number of aryl methyl sites for hydroxylation is 1. The number of benzene rings is 1. The van der Waals surface area contributed by atoms with E-state index in [1.54, 1.807) is 22.4 Å². The molecule has 2 amide bonds. The van der Waals surface area contributed by atoms with Crippen molar-refractivity contribution in [2.45, 2.75) is 50.5 Å². The lowest BCUT2D eigenvalue weighted by atomic mass is 10.0. The fraction of sp³-hybridized carbons (Fsp3) is 0.391. The van der Waals surface area contributed by atoms with Crippen LogP contribution in [-0.2, 0) is 23.0 Å². The summed E-state index contributed by atoms with van der Waals surface area (Å²) in [6.07, 6.45) is -2.36. The number of aromatic nitrogens is 2. The summed E-state index contributed by atoms with van der Waals surface area (Å²) in [6, 6.07) is 2.15. The van der Waals surface area contributed by atoms with Crippen molar-refractivity contribution >= 4 is 27.4 Å². The Morgan fingerprint density at radius 1 is 1.16 bits per heavy atom. The van der Waals surface area contributed by atoms with E-state index in [1.165, 1.54) is 12.3 Å². The first-order chi connectivity index (χ1) is 17.2. The topological polar surface area (TPSA) is 93.1 Å². The largest absolute Gasteiger partial charge is 0.390 e. The Balaban J connectivity index is 1.95. The number of amides is 2. The number of nitrogens with one attached hydrogen (secondary N) is 2. The van der Waals surface area contributed by atoms with Gasteiger partial charge in [0, 0.05) is 34.9 Å². The van der Waals surface area contributed by atoms with E-state index in [4.69, 9.17) is 0 Å². The summed E-state index contributed by atoms with van der Waals surface area (Å²) >= 11 is 0.814. The van der Waals surface area contributed by atoms with Crippen molar-refractivity contribution in [1.29, 1.82) is 0 Å². The Morgan fingerprint density at radius 2 is 1.81 bits per heavy atom. The summed E-state index contributed by atoms with van der Waals surface area (Å²) in [5.41, 5.74) is -0.335. The second-order valence-corrected chi connectivity index (χ2v) is 11.8. The molecule has 7 nitrogen and oxygen atoms in total. The van der Waals surface area contributed by atoms with Crippen LogP contribution >= 0.6 is 11.3 Å². The van der Waals surface area contributed by atoms with E-state index in [9.17, 15) is 26.4 Å². The van der Waals surface area contributed by atoms with E-state index in [0.717, 1.165) is 23.5 Å². The van der Waals surface area contributed by atoms with Crippen LogP contribution in [0.3, 0.4) is 0 Å². The van der Waals surface area contributed by atoms with Gasteiger partial charge in [0.2, 0.25) is 0 Å². The van der Waals surface area contributed by atoms with Crippen LogP contribution in [0.25, 0.3) is 11.1 Å². The number of rotatable bonds is 9. The van der Waals surface area contributed by atoms with Crippen LogP contribution in [0.15, 0.2) is 34.8 Å². The number of carbonyl (C=O) groups excluding carboxylic acids is 1. The molecule has 0 fully saturated rings. The Bertz CT molecular complexity index is 1360. The summed E-state index contributed by atoms with van der Waals surface area (Å²) in [6.45, 7) is 4.51. The molecule has 0 unspecified atom stereocenters. The molecule has 202 valence electrons. The highest BCUT2D eigenvalue weighted by atomic mass is 32.2. The zero-order valence-corrected chi connectivity index (χ0v) is 21.8. The van der Waals surface area contributed by atoms with Crippen LogP contribution in [0.5, 0.6) is 0 Å². The first kappa shape index (κ1) is 28.6. The first-order valence-electron chi connectivity index (χ1n) is 11.1. The van der Waals surface area contributed by atoms with Gasteiger partial charge in [-0.25, -0.2) is 31.7 Å². The number of hydrogen-bond donors (Lipinski definition) is 2. The van der Waals surface area contributed by atoms with Gasteiger partial charge in [0.05, 0.1) is 13.0 Å². The molecule has 0 saturated heterocycles. The van der Waals surface area contributed by atoms with Gasteiger partial charge >= 0.3 is 12.2 Å². The Morgan fingerprint density at radius 3 is 2.35 bits per heavy atom. The van der Waals surface area contributed by atoms with Crippen LogP contribution in [0, 0.1) is 24.5 Å². The third kappa shape index (κ3) is 7.51. The molecule has 0 radical (unpaired) electrons. The molecule has 0 aliphatic heterocycles. The summed E-state index contributed by atoms with van der Waals surface area (Å²) in [4.78, 5) is 16.6. The maximum Gasteiger partial charge on any atom is 0.390 e. The van der Waals surface area contributed by atoms with Crippen LogP contribution in [0.1, 0.15) is 36.5 Å². The van der Waals surface area contributed by atoms with Crippen molar-refractivity contribution in [2.24, 2.45) is 5.92 Å². The van der Waals surface area contributed by atoms with Crippen molar-refractivity contribution in [3.8, 4) is 11.1 Å². The average Bonchev–Trinajstić information content (AvgIpc) is 3.35. The lowest BCUT2D eigenvalue weighted by molar-refractivity contribution is -0.132. The third-order valence-corrected chi connectivity index (χ3v) is 8.25. The molecule has 2 N–H and O–H groups in total. The predicted molar refractivity (Wildman–Crippen MR) is 129 cm³/mol. The quantitative estimate of drug-likeness (QED) is 0.341. The highest BCUT2D eigenvalue weighted by Crippen LogP contribution is 2.37. The molecule has 0 spiro atoms. The van der Waals surface area contributed by atoms with Crippen molar-refractivity contribution in [1.82, 2.24) is 19.6 Å². The number of sulfonamides is 1. The van der Waals surface area contributed by atoms with E-state index in [2.05, 4.69) is 4.98 Å². The van der Waals surface area contributed by atoms with E-state index in [1.807, 2.05) is 19.2 Å². The van der Waals surface area contributed by atoms with Crippen molar-refractivity contribution in [2.75, 3.05) is 6.54 Å². The number of imidazole rings is 1. The van der Waals surface area contributed by atoms with Crippen molar-refractivity contribution < 1.29 is 35.2 Å². The second-order valence-electron chi connectivity index (χ2n) is 8.76. The number of alkyl halides is 3. The predicted octanol–water partition coefficient (Wildman–Crippen LogP) is 5.39. The van der Waals surface area contributed by atoms with Gasteiger partial charge in [0.25, 0.3) is 10.0 Å². The molecule has 2 aromatic heterocycles. The van der Waals surface area contributed by atoms with Gasteiger partial charge in [-0.15, -0.1) is 11.3 Å². The number of nitrogens with zero attached hydrogens (tertiary/aromatic N) is 2. The van der Waals surface area contributed by atoms with Crippen LogP contribution in [0.2, 0.25) is 0 Å².